The molecule has 2 heteroatoms. The average molecular weight is 199 g/mol. The zero-order chi connectivity index (χ0) is 10.8. The zero-order valence-electron chi connectivity index (χ0n) is 8.64. The highest BCUT2D eigenvalue weighted by molar-refractivity contribution is 5.61. The lowest BCUT2D eigenvalue weighted by Gasteiger charge is -2.24. The highest BCUT2D eigenvalue weighted by atomic mass is 16.3. The van der Waals surface area contributed by atoms with Gasteiger partial charge >= 0.3 is 0 Å². The summed E-state index contributed by atoms with van der Waals surface area (Å²) in [6.45, 7) is 6.00. The number of allylic oxidation sites excluding steroid dienone is 3. The molecule has 15 heavy (non-hydrogen) atoms. The van der Waals surface area contributed by atoms with Crippen molar-refractivity contribution in [2.24, 2.45) is 0 Å². The number of anilines is 1. The number of hydrogen-bond acceptors (Lipinski definition) is 2. The largest absolute Gasteiger partial charge is 0.508 e. The summed E-state index contributed by atoms with van der Waals surface area (Å²) in [5.41, 5.74) is 3.10. The molecule has 0 spiro atoms. The minimum atomic E-state index is 0.276. The molecule has 1 aromatic carbocycles. The lowest BCUT2D eigenvalue weighted by atomic mass is 10.1. The first-order chi connectivity index (χ1) is 7.16. The van der Waals surface area contributed by atoms with Crippen molar-refractivity contribution in [3.8, 4) is 5.75 Å². The molecule has 76 valence electrons. The van der Waals surface area contributed by atoms with Gasteiger partial charge in [0.1, 0.15) is 5.75 Å². The topological polar surface area (TPSA) is 23.5 Å². The highest BCUT2D eigenvalue weighted by Gasteiger charge is 2.08. The van der Waals surface area contributed by atoms with Crippen LogP contribution in [0.1, 0.15) is 6.92 Å². The van der Waals surface area contributed by atoms with Crippen molar-refractivity contribution in [1.29, 1.82) is 0 Å². The summed E-state index contributed by atoms with van der Waals surface area (Å²) in [4.78, 5) is 1.99. The van der Waals surface area contributed by atoms with Gasteiger partial charge in [-0.1, -0.05) is 12.7 Å². The first-order valence-electron chi connectivity index (χ1n) is 4.80. The number of aromatic hydroxyl groups is 1. The predicted molar refractivity (Wildman–Crippen MR) is 62.6 cm³/mol. The van der Waals surface area contributed by atoms with Crippen LogP contribution < -0.4 is 4.90 Å². The van der Waals surface area contributed by atoms with Crippen molar-refractivity contribution >= 4 is 5.69 Å². The summed E-state index contributed by atoms with van der Waals surface area (Å²) in [7, 11) is 0. The Bertz CT molecular complexity index is 440. The molecule has 0 unspecified atom stereocenters. The number of hydrogen-bond donors (Lipinski definition) is 1. The third kappa shape index (κ3) is 1.94. The van der Waals surface area contributed by atoms with E-state index in [1.54, 1.807) is 12.1 Å². The van der Waals surface area contributed by atoms with Gasteiger partial charge in [0.25, 0.3) is 0 Å². The Morgan fingerprint density at radius 3 is 2.47 bits per heavy atom. The zero-order valence-corrected chi connectivity index (χ0v) is 8.64. The number of phenolic OH excluding ortho intramolecular Hbond substituents is 1. The molecule has 0 bridgehead atoms. The van der Waals surface area contributed by atoms with Crippen LogP contribution in [0.4, 0.5) is 5.69 Å². The molecule has 0 amide bonds. The summed E-state index contributed by atoms with van der Waals surface area (Å²) < 4.78 is 0. The molecule has 1 heterocycles. The SMILES string of the molecule is C=C1C=CC(C)=CN1c1ccc(O)cc1. The van der Waals surface area contributed by atoms with Crippen LogP contribution in [0.25, 0.3) is 0 Å². The minimum absolute atomic E-state index is 0.276. The molecule has 2 rings (SSSR count). The Morgan fingerprint density at radius 2 is 1.80 bits per heavy atom. The van der Waals surface area contributed by atoms with Crippen molar-refractivity contribution in [1.82, 2.24) is 0 Å². The van der Waals surface area contributed by atoms with E-state index in [1.165, 1.54) is 5.57 Å². The molecule has 0 aromatic heterocycles. The Hall–Kier alpha value is -1.96. The lowest BCUT2D eigenvalue weighted by molar-refractivity contribution is 0.475. The van der Waals surface area contributed by atoms with E-state index in [0.29, 0.717) is 0 Å². The fourth-order valence-electron chi connectivity index (χ4n) is 1.49. The predicted octanol–water partition coefficient (Wildman–Crippen LogP) is 3.19. The highest BCUT2D eigenvalue weighted by Crippen LogP contribution is 2.25. The van der Waals surface area contributed by atoms with E-state index >= 15 is 0 Å². The Kier molecular flexibility index (Phi) is 2.34. The van der Waals surface area contributed by atoms with Crippen LogP contribution in [-0.4, -0.2) is 5.11 Å². The van der Waals surface area contributed by atoms with E-state index in [0.717, 1.165) is 11.4 Å². The van der Waals surface area contributed by atoms with Crippen molar-refractivity contribution in [3.63, 3.8) is 0 Å². The van der Waals surface area contributed by atoms with Crippen molar-refractivity contribution in [2.75, 3.05) is 4.90 Å². The fourth-order valence-corrected chi connectivity index (χ4v) is 1.49. The number of nitrogens with zero attached hydrogens (tertiary/aromatic N) is 1. The van der Waals surface area contributed by atoms with Gasteiger partial charge in [-0.25, -0.2) is 0 Å². The minimum Gasteiger partial charge on any atom is -0.508 e. The molecule has 1 aliphatic heterocycles. The van der Waals surface area contributed by atoms with Crippen molar-refractivity contribution in [2.45, 2.75) is 6.92 Å². The van der Waals surface area contributed by atoms with Crippen LogP contribution in [0.15, 0.2) is 60.5 Å². The third-order valence-electron chi connectivity index (χ3n) is 2.31. The molecular weight excluding hydrogens is 186 g/mol. The molecule has 0 saturated heterocycles. The summed E-state index contributed by atoms with van der Waals surface area (Å²) in [6.07, 6.45) is 6.02. The molecule has 0 aliphatic carbocycles. The summed E-state index contributed by atoms with van der Waals surface area (Å²) in [5.74, 6) is 0.276. The lowest BCUT2D eigenvalue weighted by Crippen LogP contribution is -2.15. The van der Waals surface area contributed by atoms with Gasteiger partial charge in [-0.15, -0.1) is 0 Å². The maximum absolute atomic E-state index is 9.20. The quantitative estimate of drug-likeness (QED) is 0.750. The van der Waals surface area contributed by atoms with E-state index in [1.807, 2.05) is 42.3 Å². The Balaban J connectivity index is 2.35. The van der Waals surface area contributed by atoms with Crippen LogP contribution in [0.3, 0.4) is 0 Å². The first kappa shape index (κ1) is 9.59. The second kappa shape index (κ2) is 3.65. The average Bonchev–Trinajstić information content (AvgIpc) is 2.23. The van der Waals surface area contributed by atoms with E-state index in [4.69, 9.17) is 0 Å². The second-order valence-corrected chi connectivity index (χ2v) is 3.58. The molecule has 2 nitrogen and oxygen atoms in total. The monoisotopic (exact) mass is 199 g/mol. The summed E-state index contributed by atoms with van der Waals surface area (Å²) >= 11 is 0. The maximum atomic E-state index is 9.20. The molecule has 0 saturated carbocycles. The fraction of sp³-hybridized carbons (Fsp3) is 0.0769. The van der Waals surface area contributed by atoms with Gasteiger partial charge in [-0.3, -0.25) is 0 Å². The van der Waals surface area contributed by atoms with Crippen molar-refractivity contribution < 1.29 is 5.11 Å². The molecule has 1 N–H and O–H groups in total. The van der Waals surface area contributed by atoms with Crippen LogP contribution in [0.5, 0.6) is 5.75 Å². The first-order valence-corrected chi connectivity index (χ1v) is 4.80. The van der Waals surface area contributed by atoms with Gasteiger partial charge in [-0.05, 0) is 42.8 Å². The normalized spacial score (nSPS) is 15.4. The van der Waals surface area contributed by atoms with Gasteiger partial charge in [0.2, 0.25) is 0 Å². The van der Waals surface area contributed by atoms with E-state index in [9.17, 15) is 5.11 Å². The van der Waals surface area contributed by atoms with E-state index in [-0.39, 0.29) is 5.75 Å². The van der Waals surface area contributed by atoms with Gasteiger partial charge in [0, 0.05) is 17.6 Å². The number of rotatable bonds is 1. The van der Waals surface area contributed by atoms with Gasteiger partial charge < -0.3 is 10.0 Å². The molecule has 0 fully saturated rings. The van der Waals surface area contributed by atoms with Gasteiger partial charge in [0.15, 0.2) is 0 Å². The smallest absolute Gasteiger partial charge is 0.115 e. The van der Waals surface area contributed by atoms with Crippen LogP contribution >= 0.6 is 0 Å². The number of phenols is 1. The van der Waals surface area contributed by atoms with E-state index in [2.05, 4.69) is 6.58 Å². The summed E-state index contributed by atoms with van der Waals surface area (Å²) in [5, 5.41) is 9.20. The molecule has 1 aliphatic rings. The Morgan fingerprint density at radius 1 is 1.13 bits per heavy atom. The maximum Gasteiger partial charge on any atom is 0.115 e. The Labute approximate surface area is 89.5 Å². The molecule has 1 aromatic rings. The van der Waals surface area contributed by atoms with Crippen LogP contribution in [0.2, 0.25) is 0 Å². The standard InChI is InChI=1S/C13H13NO/c1-10-3-4-11(2)14(9-10)12-5-7-13(15)8-6-12/h3-9,15H,2H2,1H3. The third-order valence-corrected chi connectivity index (χ3v) is 2.31. The van der Waals surface area contributed by atoms with Crippen molar-refractivity contribution in [3.05, 3.63) is 60.5 Å². The van der Waals surface area contributed by atoms with E-state index < -0.39 is 0 Å². The van der Waals surface area contributed by atoms with Gasteiger partial charge in [0.05, 0.1) is 0 Å². The molecule has 0 radical (unpaired) electrons. The summed E-state index contributed by atoms with van der Waals surface area (Å²) in [6, 6.07) is 7.07. The molecular formula is C13H13NO. The van der Waals surface area contributed by atoms with Gasteiger partial charge in [-0.2, -0.15) is 0 Å². The molecule has 0 atom stereocenters. The number of benzene rings is 1. The van der Waals surface area contributed by atoms with Crippen LogP contribution in [0, 0.1) is 0 Å². The second-order valence-electron chi connectivity index (χ2n) is 3.58. The van der Waals surface area contributed by atoms with Crippen LogP contribution in [-0.2, 0) is 0 Å².